The number of nitrogens with one attached hydrogen (secondary N) is 1. The van der Waals surface area contributed by atoms with E-state index in [-0.39, 0.29) is 5.91 Å². The fourth-order valence-electron chi connectivity index (χ4n) is 1.45. The van der Waals surface area contributed by atoms with Gasteiger partial charge in [0.1, 0.15) is 0 Å². The molecular formula is C12H12BrN3O. The molecule has 0 atom stereocenters. The smallest absolute Gasteiger partial charge is 0.251 e. The van der Waals surface area contributed by atoms with Crippen LogP contribution in [0.2, 0.25) is 0 Å². The zero-order valence-corrected chi connectivity index (χ0v) is 10.9. The molecule has 1 aromatic heterocycles. The largest absolute Gasteiger partial charge is 0.348 e. The quantitative estimate of drug-likeness (QED) is 0.942. The van der Waals surface area contributed by atoms with E-state index in [4.69, 9.17) is 0 Å². The van der Waals surface area contributed by atoms with E-state index in [1.807, 2.05) is 25.4 Å². The Kier molecular flexibility index (Phi) is 3.58. The number of nitrogens with zero attached hydrogens (tertiary/aromatic N) is 2. The fourth-order valence-corrected chi connectivity index (χ4v) is 1.71. The Morgan fingerprint density at radius 1 is 1.41 bits per heavy atom. The van der Waals surface area contributed by atoms with E-state index in [0.717, 1.165) is 10.0 Å². The molecule has 0 saturated heterocycles. The number of rotatable bonds is 3. The van der Waals surface area contributed by atoms with Gasteiger partial charge in [-0.1, -0.05) is 15.9 Å². The van der Waals surface area contributed by atoms with E-state index >= 15 is 0 Å². The Labute approximate surface area is 108 Å². The fraction of sp³-hybridized carbons (Fsp3) is 0.167. The van der Waals surface area contributed by atoms with E-state index in [1.165, 1.54) is 0 Å². The lowest BCUT2D eigenvalue weighted by Gasteiger charge is -2.03. The van der Waals surface area contributed by atoms with Gasteiger partial charge in [-0.25, -0.2) is 0 Å². The van der Waals surface area contributed by atoms with E-state index in [2.05, 4.69) is 26.3 Å². The second-order valence-electron chi connectivity index (χ2n) is 3.71. The number of carbonyl (C=O) groups excluding carboxylic acids is 1. The Hall–Kier alpha value is -1.62. The van der Waals surface area contributed by atoms with Gasteiger partial charge in [-0.15, -0.1) is 0 Å². The lowest BCUT2D eigenvalue weighted by atomic mass is 10.2. The van der Waals surface area contributed by atoms with E-state index < -0.39 is 0 Å². The SMILES string of the molecule is Cn1cc(CNC(=O)c2ccc(Br)cc2)cn1. The van der Waals surface area contributed by atoms with Gasteiger partial charge < -0.3 is 5.32 Å². The summed E-state index contributed by atoms with van der Waals surface area (Å²) in [7, 11) is 1.85. The van der Waals surface area contributed by atoms with Crippen molar-refractivity contribution in [3.05, 3.63) is 52.3 Å². The third-order valence-electron chi connectivity index (χ3n) is 2.32. The normalized spacial score (nSPS) is 10.2. The van der Waals surface area contributed by atoms with Crippen LogP contribution in [0.4, 0.5) is 0 Å². The van der Waals surface area contributed by atoms with Crippen LogP contribution in [0.15, 0.2) is 41.1 Å². The van der Waals surface area contributed by atoms with Crippen LogP contribution in [0.25, 0.3) is 0 Å². The van der Waals surface area contributed by atoms with Gasteiger partial charge in [-0.05, 0) is 24.3 Å². The summed E-state index contributed by atoms with van der Waals surface area (Å²) >= 11 is 3.33. The highest BCUT2D eigenvalue weighted by Gasteiger charge is 2.05. The number of hydrogen-bond acceptors (Lipinski definition) is 2. The van der Waals surface area contributed by atoms with Crippen LogP contribution in [0, 0.1) is 0 Å². The minimum absolute atomic E-state index is 0.0821. The molecule has 17 heavy (non-hydrogen) atoms. The first-order chi connectivity index (χ1) is 8.15. The molecule has 4 nitrogen and oxygen atoms in total. The summed E-state index contributed by atoms with van der Waals surface area (Å²) in [6.45, 7) is 0.489. The van der Waals surface area contributed by atoms with Gasteiger partial charge in [0.15, 0.2) is 0 Å². The predicted octanol–water partition coefficient (Wildman–Crippen LogP) is 2.11. The second kappa shape index (κ2) is 5.14. The molecule has 1 aromatic carbocycles. The van der Waals surface area contributed by atoms with Crippen molar-refractivity contribution in [1.29, 1.82) is 0 Å². The molecule has 0 saturated carbocycles. The van der Waals surface area contributed by atoms with Gasteiger partial charge in [0, 0.05) is 35.4 Å². The first kappa shape index (κ1) is 11.9. The monoisotopic (exact) mass is 293 g/mol. The maximum absolute atomic E-state index is 11.8. The van der Waals surface area contributed by atoms with Gasteiger partial charge in [0.05, 0.1) is 6.20 Å². The number of halogens is 1. The van der Waals surface area contributed by atoms with Crippen molar-refractivity contribution in [1.82, 2.24) is 15.1 Å². The Balaban J connectivity index is 1.95. The number of aromatic nitrogens is 2. The van der Waals surface area contributed by atoms with E-state index in [9.17, 15) is 4.79 Å². The van der Waals surface area contributed by atoms with Crippen molar-refractivity contribution in [2.45, 2.75) is 6.54 Å². The molecule has 0 fully saturated rings. The minimum Gasteiger partial charge on any atom is -0.348 e. The molecule has 0 radical (unpaired) electrons. The average Bonchev–Trinajstić information content (AvgIpc) is 2.73. The van der Waals surface area contributed by atoms with Gasteiger partial charge in [-0.3, -0.25) is 9.48 Å². The zero-order valence-electron chi connectivity index (χ0n) is 9.35. The molecule has 1 heterocycles. The summed E-state index contributed by atoms with van der Waals surface area (Å²) in [6, 6.07) is 7.25. The molecule has 0 aliphatic heterocycles. The summed E-state index contributed by atoms with van der Waals surface area (Å²) in [4.78, 5) is 11.8. The summed E-state index contributed by atoms with van der Waals surface area (Å²) < 4.78 is 2.67. The predicted molar refractivity (Wildman–Crippen MR) is 68.5 cm³/mol. The molecular weight excluding hydrogens is 282 g/mol. The topological polar surface area (TPSA) is 46.9 Å². The van der Waals surface area contributed by atoms with E-state index in [0.29, 0.717) is 12.1 Å². The van der Waals surface area contributed by atoms with Crippen LogP contribution in [0.1, 0.15) is 15.9 Å². The maximum atomic E-state index is 11.8. The Morgan fingerprint density at radius 3 is 2.71 bits per heavy atom. The number of amides is 1. The lowest BCUT2D eigenvalue weighted by molar-refractivity contribution is 0.0951. The molecule has 0 aliphatic rings. The highest BCUT2D eigenvalue weighted by Crippen LogP contribution is 2.10. The third-order valence-corrected chi connectivity index (χ3v) is 2.85. The van der Waals surface area contributed by atoms with Gasteiger partial charge in [-0.2, -0.15) is 5.10 Å². The summed E-state index contributed by atoms with van der Waals surface area (Å²) in [5.74, 6) is -0.0821. The van der Waals surface area contributed by atoms with Crippen molar-refractivity contribution in [3.63, 3.8) is 0 Å². The second-order valence-corrected chi connectivity index (χ2v) is 4.63. The van der Waals surface area contributed by atoms with Crippen molar-refractivity contribution in [3.8, 4) is 0 Å². The van der Waals surface area contributed by atoms with Crippen LogP contribution >= 0.6 is 15.9 Å². The van der Waals surface area contributed by atoms with Crippen molar-refractivity contribution in [2.24, 2.45) is 7.05 Å². The maximum Gasteiger partial charge on any atom is 0.251 e. The van der Waals surface area contributed by atoms with Crippen LogP contribution in [0.3, 0.4) is 0 Å². The van der Waals surface area contributed by atoms with Crippen LogP contribution in [0.5, 0.6) is 0 Å². The Morgan fingerprint density at radius 2 is 2.12 bits per heavy atom. The molecule has 88 valence electrons. The molecule has 2 rings (SSSR count). The molecule has 0 bridgehead atoms. The average molecular weight is 294 g/mol. The molecule has 1 N–H and O–H groups in total. The third kappa shape index (κ3) is 3.17. The minimum atomic E-state index is -0.0821. The summed E-state index contributed by atoms with van der Waals surface area (Å²) in [5, 5.41) is 6.88. The van der Waals surface area contributed by atoms with Gasteiger partial charge >= 0.3 is 0 Å². The van der Waals surface area contributed by atoms with Gasteiger partial charge in [0.2, 0.25) is 0 Å². The van der Waals surface area contributed by atoms with Crippen LogP contribution < -0.4 is 5.32 Å². The molecule has 0 unspecified atom stereocenters. The summed E-state index contributed by atoms with van der Waals surface area (Å²) in [6.07, 6.45) is 3.61. The number of hydrogen-bond donors (Lipinski definition) is 1. The van der Waals surface area contributed by atoms with Crippen LogP contribution in [-0.4, -0.2) is 15.7 Å². The van der Waals surface area contributed by atoms with Crippen molar-refractivity contribution < 1.29 is 4.79 Å². The Bertz CT molecular complexity index is 519. The number of benzene rings is 1. The highest BCUT2D eigenvalue weighted by molar-refractivity contribution is 9.10. The zero-order chi connectivity index (χ0) is 12.3. The lowest BCUT2D eigenvalue weighted by Crippen LogP contribution is -2.22. The first-order valence-corrected chi connectivity index (χ1v) is 5.96. The van der Waals surface area contributed by atoms with Crippen molar-refractivity contribution >= 4 is 21.8 Å². The van der Waals surface area contributed by atoms with Crippen molar-refractivity contribution in [2.75, 3.05) is 0 Å². The number of carbonyl (C=O) groups is 1. The van der Waals surface area contributed by atoms with E-state index in [1.54, 1.807) is 23.0 Å². The highest BCUT2D eigenvalue weighted by atomic mass is 79.9. The standard InChI is InChI=1S/C12H12BrN3O/c1-16-8-9(7-15-16)6-14-12(17)10-2-4-11(13)5-3-10/h2-5,7-8H,6H2,1H3,(H,14,17). The molecule has 5 heteroatoms. The molecule has 0 aliphatic carbocycles. The van der Waals surface area contributed by atoms with Crippen LogP contribution in [-0.2, 0) is 13.6 Å². The number of aryl methyl sites for hydroxylation is 1. The molecule has 1 amide bonds. The van der Waals surface area contributed by atoms with Gasteiger partial charge in [0.25, 0.3) is 5.91 Å². The molecule has 0 spiro atoms. The summed E-state index contributed by atoms with van der Waals surface area (Å²) in [5.41, 5.74) is 1.63. The first-order valence-electron chi connectivity index (χ1n) is 5.16. The molecule has 2 aromatic rings.